The first-order chi connectivity index (χ1) is 13.6. The van der Waals surface area contributed by atoms with Crippen molar-refractivity contribution in [1.82, 2.24) is 29.7 Å². The summed E-state index contributed by atoms with van der Waals surface area (Å²) in [5.41, 5.74) is 0.430. The molecule has 1 N–H and O–H groups in total. The molecule has 4 rings (SSSR count). The summed E-state index contributed by atoms with van der Waals surface area (Å²) < 4.78 is 11.9. The number of carbonyl (C=O) groups is 1. The molecule has 2 saturated heterocycles. The van der Waals surface area contributed by atoms with Crippen LogP contribution in [0.2, 0.25) is 0 Å². The Labute approximate surface area is 163 Å². The van der Waals surface area contributed by atoms with E-state index in [-0.39, 0.29) is 29.5 Å². The number of carbonyl (C=O) groups excluding carboxylic acids is 1. The van der Waals surface area contributed by atoms with E-state index >= 15 is 0 Å². The molecule has 0 aliphatic carbocycles. The molecule has 0 bridgehead atoms. The highest BCUT2D eigenvalue weighted by Crippen LogP contribution is 2.43. The van der Waals surface area contributed by atoms with Crippen molar-refractivity contribution in [2.45, 2.75) is 20.0 Å². The van der Waals surface area contributed by atoms with Gasteiger partial charge in [-0.1, -0.05) is 5.16 Å². The van der Waals surface area contributed by atoms with Crippen molar-refractivity contribution in [2.24, 2.45) is 11.3 Å². The van der Waals surface area contributed by atoms with Gasteiger partial charge >= 0.3 is 0 Å². The minimum absolute atomic E-state index is 0.0477. The fourth-order valence-corrected chi connectivity index (χ4v) is 4.45. The highest BCUT2D eigenvalue weighted by molar-refractivity contribution is 5.93. The molecule has 2 aromatic rings. The average molecular weight is 390 g/mol. The molecule has 0 spiro atoms. The van der Waals surface area contributed by atoms with Gasteiger partial charge in [-0.3, -0.25) is 9.69 Å². The highest BCUT2D eigenvalue weighted by Gasteiger charge is 2.53. The van der Waals surface area contributed by atoms with E-state index in [1.165, 1.54) is 0 Å². The Morgan fingerprint density at radius 1 is 1.39 bits per heavy atom. The predicted octanol–water partition coefficient (Wildman–Crippen LogP) is -0.213. The average Bonchev–Trinajstić information content (AvgIpc) is 3.43. The van der Waals surface area contributed by atoms with Gasteiger partial charge in [-0.25, -0.2) is 9.61 Å². The number of amides is 1. The van der Waals surface area contributed by atoms with Crippen molar-refractivity contribution in [3.8, 4) is 0 Å². The van der Waals surface area contributed by atoms with Crippen LogP contribution >= 0.6 is 0 Å². The lowest BCUT2D eigenvalue weighted by molar-refractivity contribution is 0.0707. The van der Waals surface area contributed by atoms with Gasteiger partial charge in [-0.15, -0.1) is 0 Å². The van der Waals surface area contributed by atoms with E-state index in [1.807, 2.05) is 6.20 Å². The number of aromatic nitrogens is 4. The zero-order valence-electron chi connectivity index (χ0n) is 16.2. The molecule has 4 heterocycles. The Balaban J connectivity index is 1.42. The van der Waals surface area contributed by atoms with Gasteiger partial charge in [0.05, 0.1) is 19.8 Å². The van der Waals surface area contributed by atoms with Gasteiger partial charge in [0.15, 0.2) is 5.69 Å². The van der Waals surface area contributed by atoms with Crippen molar-refractivity contribution in [3.63, 3.8) is 0 Å². The molecule has 2 fully saturated rings. The van der Waals surface area contributed by atoms with E-state index in [4.69, 9.17) is 4.74 Å². The van der Waals surface area contributed by atoms with Crippen LogP contribution in [0.1, 0.15) is 22.0 Å². The SMILES string of the molecule is COCCn1ccnc1CN1CC2CN(C(=O)c3nonc3C)CC2(CO)C1. The first kappa shape index (κ1) is 19.0. The number of hydrogen-bond acceptors (Lipinski definition) is 8. The van der Waals surface area contributed by atoms with Crippen molar-refractivity contribution >= 4 is 5.91 Å². The number of ether oxygens (including phenoxy) is 1. The van der Waals surface area contributed by atoms with Crippen molar-refractivity contribution in [1.29, 1.82) is 0 Å². The number of fused-ring (bicyclic) bond motifs is 1. The number of likely N-dealkylation sites (tertiary alicyclic amines) is 2. The normalized spacial score (nSPS) is 24.8. The quantitative estimate of drug-likeness (QED) is 0.691. The fourth-order valence-electron chi connectivity index (χ4n) is 4.45. The minimum atomic E-state index is -0.315. The number of nitrogens with zero attached hydrogens (tertiary/aromatic N) is 6. The molecular formula is C18H26N6O4. The Bertz CT molecular complexity index is 836. The van der Waals surface area contributed by atoms with Gasteiger partial charge in [-0.05, 0) is 18.0 Å². The molecule has 152 valence electrons. The maximum absolute atomic E-state index is 12.7. The maximum atomic E-state index is 12.7. The molecule has 0 radical (unpaired) electrons. The predicted molar refractivity (Wildman–Crippen MR) is 97.3 cm³/mol. The van der Waals surface area contributed by atoms with Gasteiger partial charge in [0.25, 0.3) is 5.91 Å². The van der Waals surface area contributed by atoms with E-state index in [9.17, 15) is 9.90 Å². The van der Waals surface area contributed by atoms with Crippen LogP contribution in [0, 0.1) is 18.3 Å². The summed E-state index contributed by atoms with van der Waals surface area (Å²) in [4.78, 5) is 21.3. The summed E-state index contributed by atoms with van der Waals surface area (Å²) in [6.07, 6.45) is 3.76. The lowest BCUT2D eigenvalue weighted by Crippen LogP contribution is -2.39. The van der Waals surface area contributed by atoms with Crippen LogP contribution in [0.15, 0.2) is 17.0 Å². The summed E-state index contributed by atoms with van der Waals surface area (Å²) in [5.74, 6) is 1.02. The molecule has 2 aliphatic rings. The molecule has 0 saturated carbocycles. The number of aliphatic hydroxyl groups is 1. The Kier molecular flexibility index (Phi) is 5.17. The van der Waals surface area contributed by atoms with Crippen LogP contribution in [-0.2, 0) is 17.8 Å². The lowest BCUT2D eigenvalue weighted by Gasteiger charge is -2.27. The smallest absolute Gasteiger partial charge is 0.278 e. The zero-order valence-corrected chi connectivity index (χ0v) is 16.2. The Morgan fingerprint density at radius 3 is 2.93 bits per heavy atom. The monoisotopic (exact) mass is 390 g/mol. The van der Waals surface area contributed by atoms with E-state index in [2.05, 4.69) is 29.4 Å². The van der Waals surface area contributed by atoms with Crippen LogP contribution in [0.25, 0.3) is 0 Å². The number of imidazole rings is 1. The van der Waals surface area contributed by atoms with Crippen LogP contribution in [0.5, 0.6) is 0 Å². The van der Waals surface area contributed by atoms with Gasteiger partial charge in [0.2, 0.25) is 0 Å². The molecule has 1 amide bonds. The molecule has 2 aromatic heterocycles. The van der Waals surface area contributed by atoms with Crippen molar-refractivity contribution in [2.75, 3.05) is 46.5 Å². The van der Waals surface area contributed by atoms with Gasteiger partial charge in [0.1, 0.15) is 11.5 Å². The van der Waals surface area contributed by atoms with Crippen LogP contribution < -0.4 is 0 Å². The largest absolute Gasteiger partial charge is 0.396 e. The number of hydrogen-bond donors (Lipinski definition) is 1. The van der Waals surface area contributed by atoms with Gasteiger partial charge in [0, 0.05) is 57.6 Å². The third kappa shape index (κ3) is 3.31. The molecule has 2 unspecified atom stereocenters. The second-order valence-corrected chi connectivity index (χ2v) is 7.80. The summed E-state index contributed by atoms with van der Waals surface area (Å²) >= 11 is 0. The van der Waals surface area contributed by atoms with E-state index in [0.29, 0.717) is 25.4 Å². The minimum Gasteiger partial charge on any atom is -0.396 e. The Hall–Kier alpha value is -2.30. The fraction of sp³-hybridized carbons (Fsp3) is 0.667. The summed E-state index contributed by atoms with van der Waals surface area (Å²) in [6, 6.07) is 0. The van der Waals surface area contributed by atoms with Gasteiger partial charge in [-0.2, -0.15) is 0 Å². The van der Waals surface area contributed by atoms with Crippen molar-refractivity contribution < 1.29 is 19.3 Å². The maximum Gasteiger partial charge on any atom is 0.278 e. The number of aliphatic hydroxyl groups excluding tert-OH is 1. The molecule has 10 heteroatoms. The summed E-state index contributed by atoms with van der Waals surface area (Å²) in [5, 5.41) is 17.6. The Morgan fingerprint density at radius 2 is 2.25 bits per heavy atom. The third-order valence-corrected chi connectivity index (χ3v) is 5.99. The van der Waals surface area contributed by atoms with Gasteiger partial charge < -0.3 is 19.3 Å². The number of methoxy groups -OCH3 is 1. The number of aryl methyl sites for hydroxylation is 1. The van der Waals surface area contributed by atoms with Crippen LogP contribution in [0.3, 0.4) is 0 Å². The lowest BCUT2D eigenvalue weighted by atomic mass is 9.82. The molecule has 0 aromatic carbocycles. The topological polar surface area (TPSA) is 110 Å². The summed E-state index contributed by atoms with van der Waals surface area (Å²) in [7, 11) is 1.69. The van der Waals surface area contributed by atoms with Crippen LogP contribution in [0.4, 0.5) is 0 Å². The zero-order chi connectivity index (χ0) is 19.7. The second-order valence-electron chi connectivity index (χ2n) is 7.80. The standard InChI is InChI=1S/C18H26N6O4/c1-13-16(21-28-20-13)17(26)24-8-14-7-22(10-18(14,11-24)12-25)9-15-19-3-4-23(15)5-6-27-2/h3-4,14,25H,5-12H2,1-2H3. The van der Waals surface area contributed by atoms with Crippen molar-refractivity contribution in [3.05, 3.63) is 29.6 Å². The van der Waals surface area contributed by atoms with E-state index < -0.39 is 0 Å². The first-order valence-corrected chi connectivity index (χ1v) is 9.47. The first-order valence-electron chi connectivity index (χ1n) is 9.47. The molecule has 10 nitrogen and oxygen atoms in total. The molecule has 2 atom stereocenters. The summed E-state index contributed by atoms with van der Waals surface area (Å²) in [6.45, 7) is 6.52. The van der Waals surface area contributed by atoms with Crippen LogP contribution in [-0.4, -0.2) is 87.2 Å². The highest BCUT2D eigenvalue weighted by atomic mass is 16.6. The molecule has 2 aliphatic heterocycles. The third-order valence-electron chi connectivity index (χ3n) is 5.99. The molecular weight excluding hydrogens is 364 g/mol. The number of rotatable bonds is 7. The van der Waals surface area contributed by atoms with E-state index in [0.717, 1.165) is 32.0 Å². The molecule has 28 heavy (non-hydrogen) atoms. The van der Waals surface area contributed by atoms with E-state index in [1.54, 1.807) is 25.1 Å². The second kappa shape index (κ2) is 7.61.